The molecule has 1 aliphatic carbocycles. The highest BCUT2D eigenvalue weighted by atomic mass is 35.5. The summed E-state index contributed by atoms with van der Waals surface area (Å²) in [6, 6.07) is 14.0. The molecule has 0 saturated heterocycles. The summed E-state index contributed by atoms with van der Waals surface area (Å²) < 4.78 is 25.0. The van der Waals surface area contributed by atoms with E-state index in [2.05, 4.69) is 15.0 Å². The van der Waals surface area contributed by atoms with E-state index < -0.39 is 9.84 Å². The van der Waals surface area contributed by atoms with Crippen molar-refractivity contribution in [3.8, 4) is 0 Å². The van der Waals surface area contributed by atoms with Crippen LogP contribution < -0.4 is 10.6 Å². The summed E-state index contributed by atoms with van der Waals surface area (Å²) in [6.45, 7) is 0.0809. The van der Waals surface area contributed by atoms with Gasteiger partial charge < -0.3 is 10.6 Å². The molecule has 4 aromatic rings. The lowest BCUT2D eigenvalue weighted by Crippen LogP contribution is -2.32. The lowest BCUT2D eigenvalue weighted by atomic mass is 9.82. The van der Waals surface area contributed by atoms with Gasteiger partial charge in [0.1, 0.15) is 5.82 Å². The lowest BCUT2D eigenvalue weighted by Gasteiger charge is -2.26. The standard InChI is InChI=1S/C26H24ClN5O3S/c1-36(34,35)25-23(6-3-11-29-25)32(26(33)19-9-10-21(30-14-19)17-4-2-5-17)15-16-7-8-18-13-20(27)24(28)31-22(18)12-16/h3,6-14,17H,2,4-5,15H2,1H3,(H2,28,31). The Morgan fingerprint density at radius 2 is 1.94 bits per heavy atom. The fraction of sp³-hybridized carbons (Fsp3) is 0.231. The Morgan fingerprint density at radius 1 is 1.14 bits per heavy atom. The predicted molar refractivity (Wildman–Crippen MR) is 140 cm³/mol. The van der Waals surface area contributed by atoms with E-state index in [1.54, 1.807) is 36.5 Å². The Kier molecular flexibility index (Phi) is 6.36. The molecular weight excluding hydrogens is 498 g/mol. The van der Waals surface area contributed by atoms with E-state index in [4.69, 9.17) is 17.3 Å². The van der Waals surface area contributed by atoms with Crippen LogP contribution in [0.2, 0.25) is 5.02 Å². The molecule has 3 aromatic heterocycles. The van der Waals surface area contributed by atoms with Crippen molar-refractivity contribution in [1.29, 1.82) is 0 Å². The van der Waals surface area contributed by atoms with Crippen LogP contribution in [0.1, 0.15) is 46.8 Å². The summed E-state index contributed by atoms with van der Waals surface area (Å²) in [5, 5.41) is 0.982. The molecule has 1 saturated carbocycles. The van der Waals surface area contributed by atoms with Gasteiger partial charge >= 0.3 is 0 Å². The SMILES string of the molecule is CS(=O)(=O)c1ncccc1N(Cc1ccc2cc(Cl)c(N)nc2c1)C(=O)c1ccc(C2CCC2)nc1. The molecule has 1 aliphatic rings. The molecule has 10 heteroatoms. The number of nitrogens with two attached hydrogens (primary N) is 1. The number of halogens is 1. The number of benzene rings is 1. The van der Waals surface area contributed by atoms with Gasteiger partial charge in [-0.25, -0.2) is 18.4 Å². The first-order chi connectivity index (χ1) is 17.2. The van der Waals surface area contributed by atoms with Gasteiger partial charge in [-0.1, -0.05) is 30.2 Å². The number of hydrogen-bond donors (Lipinski definition) is 1. The molecule has 1 fully saturated rings. The van der Waals surface area contributed by atoms with Gasteiger partial charge in [0, 0.05) is 35.6 Å². The molecule has 8 nitrogen and oxygen atoms in total. The number of carbonyl (C=O) groups is 1. The topological polar surface area (TPSA) is 119 Å². The Bertz CT molecular complexity index is 1570. The van der Waals surface area contributed by atoms with Crippen molar-refractivity contribution in [2.75, 3.05) is 16.9 Å². The van der Waals surface area contributed by atoms with Crippen molar-refractivity contribution in [3.05, 3.63) is 82.8 Å². The minimum Gasteiger partial charge on any atom is -0.382 e. The van der Waals surface area contributed by atoms with Crippen LogP contribution in [0.25, 0.3) is 10.9 Å². The number of pyridine rings is 3. The van der Waals surface area contributed by atoms with Crippen molar-refractivity contribution >= 4 is 49.8 Å². The molecule has 1 amide bonds. The smallest absolute Gasteiger partial charge is 0.260 e. The van der Waals surface area contributed by atoms with Crippen LogP contribution in [-0.2, 0) is 16.4 Å². The van der Waals surface area contributed by atoms with Crippen molar-refractivity contribution in [2.24, 2.45) is 0 Å². The van der Waals surface area contributed by atoms with E-state index in [1.165, 1.54) is 17.5 Å². The maximum atomic E-state index is 13.8. The second-order valence-electron chi connectivity index (χ2n) is 8.97. The minimum atomic E-state index is -3.71. The van der Waals surface area contributed by atoms with Gasteiger partial charge in [-0.15, -0.1) is 0 Å². The third-order valence-electron chi connectivity index (χ3n) is 6.40. The minimum absolute atomic E-state index is 0.0809. The zero-order valence-electron chi connectivity index (χ0n) is 19.6. The maximum Gasteiger partial charge on any atom is 0.260 e. The summed E-state index contributed by atoms with van der Waals surface area (Å²) in [4.78, 5) is 28.1. The molecule has 2 N–H and O–H groups in total. The molecular formula is C26H24ClN5O3S. The summed E-state index contributed by atoms with van der Waals surface area (Å²) >= 11 is 6.09. The third kappa shape index (κ3) is 4.76. The van der Waals surface area contributed by atoms with Gasteiger partial charge in [0.2, 0.25) is 0 Å². The number of sulfone groups is 1. The van der Waals surface area contributed by atoms with Gasteiger partial charge in [-0.05, 0) is 54.8 Å². The maximum absolute atomic E-state index is 13.8. The number of anilines is 2. The normalized spacial score (nSPS) is 13.9. The molecule has 3 heterocycles. The molecule has 184 valence electrons. The van der Waals surface area contributed by atoms with Crippen LogP contribution in [0, 0.1) is 0 Å². The number of rotatable bonds is 6. The first-order valence-electron chi connectivity index (χ1n) is 11.5. The van der Waals surface area contributed by atoms with E-state index >= 15 is 0 Å². The molecule has 36 heavy (non-hydrogen) atoms. The van der Waals surface area contributed by atoms with E-state index in [9.17, 15) is 13.2 Å². The Balaban J connectivity index is 1.56. The second-order valence-corrected chi connectivity index (χ2v) is 11.3. The number of amides is 1. The zero-order chi connectivity index (χ0) is 25.4. The molecule has 0 unspecified atom stereocenters. The largest absolute Gasteiger partial charge is 0.382 e. The Labute approximate surface area is 214 Å². The number of carbonyl (C=O) groups excluding carboxylic acids is 1. The lowest BCUT2D eigenvalue weighted by molar-refractivity contribution is 0.0984. The van der Waals surface area contributed by atoms with Crippen LogP contribution >= 0.6 is 11.6 Å². The third-order valence-corrected chi connectivity index (χ3v) is 7.72. The van der Waals surface area contributed by atoms with Crippen molar-refractivity contribution in [3.63, 3.8) is 0 Å². The van der Waals surface area contributed by atoms with Crippen LogP contribution in [0.15, 0.2) is 66.0 Å². The molecule has 1 aromatic carbocycles. The number of nitrogen functional groups attached to an aromatic ring is 1. The quantitative estimate of drug-likeness (QED) is 0.387. The van der Waals surface area contributed by atoms with Crippen molar-refractivity contribution < 1.29 is 13.2 Å². The molecule has 0 bridgehead atoms. The van der Waals surface area contributed by atoms with Crippen LogP contribution in [-0.4, -0.2) is 35.5 Å². The van der Waals surface area contributed by atoms with Crippen molar-refractivity contribution in [2.45, 2.75) is 36.8 Å². The Hall–Kier alpha value is -3.56. The number of hydrogen-bond acceptors (Lipinski definition) is 7. The van der Waals surface area contributed by atoms with Crippen LogP contribution in [0.3, 0.4) is 0 Å². The van der Waals surface area contributed by atoms with Crippen LogP contribution in [0.4, 0.5) is 11.5 Å². The highest BCUT2D eigenvalue weighted by Crippen LogP contribution is 2.35. The molecule has 0 atom stereocenters. The summed E-state index contributed by atoms with van der Waals surface area (Å²) in [7, 11) is -3.71. The first kappa shape index (κ1) is 24.1. The van der Waals surface area contributed by atoms with Gasteiger partial charge in [-0.2, -0.15) is 0 Å². The van der Waals surface area contributed by atoms with Gasteiger partial charge in [0.15, 0.2) is 14.9 Å². The van der Waals surface area contributed by atoms with Gasteiger partial charge in [0.25, 0.3) is 5.91 Å². The molecule has 5 rings (SSSR count). The molecule has 0 aliphatic heterocycles. The van der Waals surface area contributed by atoms with Gasteiger partial charge in [0.05, 0.1) is 28.3 Å². The highest BCUT2D eigenvalue weighted by molar-refractivity contribution is 7.90. The van der Waals surface area contributed by atoms with Gasteiger partial charge in [-0.3, -0.25) is 9.78 Å². The summed E-state index contributed by atoms with van der Waals surface area (Å²) in [5.74, 6) is 0.259. The van der Waals surface area contributed by atoms with E-state index in [1.807, 2.05) is 18.2 Å². The van der Waals surface area contributed by atoms with E-state index in [-0.39, 0.29) is 29.0 Å². The summed E-state index contributed by atoms with van der Waals surface area (Å²) in [6.07, 6.45) is 7.42. The second kappa shape index (κ2) is 9.48. The van der Waals surface area contributed by atoms with Crippen molar-refractivity contribution in [1.82, 2.24) is 15.0 Å². The number of nitrogens with zero attached hydrogens (tertiary/aromatic N) is 4. The number of fused-ring (bicyclic) bond motifs is 1. The monoisotopic (exact) mass is 521 g/mol. The average molecular weight is 522 g/mol. The summed E-state index contributed by atoms with van der Waals surface area (Å²) in [5.41, 5.74) is 8.74. The molecule has 0 radical (unpaired) electrons. The predicted octanol–water partition coefficient (Wildman–Crippen LogP) is 4.78. The first-order valence-corrected chi connectivity index (χ1v) is 13.7. The van der Waals surface area contributed by atoms with E-state index in [0.717, 1.165) is 35.7 Å². The number of aromatic nitrogens is 3. The van der Waals surface area contributed by atoms with Crippen LogP contribution in [0.5, 0.6) is 0 Å². The fourth-order valence-corrected chi connectivity index (χ4v) is 5.23. The average Bonchev–Trinajstić information content (AvgIpc) is 2.82. The zero-order valence-corrected chi connectivity index (χ0v) is 21.1. The molecule has 0 spiro atoms. The fourth-order valence-electron chi connectivity index (χ4n) is 4.26. The highest BCUT2D eigenvalue weighted by Gasteiger charge is 2.27. The van der Waals surface area contributed by atoms with E-state index in [0.29, 0.717) is 22.0 Å². The Morgan fingerprint density at radius 3 is 2.61 bits per heavy atom.